The van der Waals surface area contributed by atoms with Crippen molar-refractivity contribution in [3.05, 3.63) is 22.2 Å². The molecule has 1 atom stereocenters. The van der Waals surface area contributed by atoms with Crippen molar-refractivity contribution < 1.29 is 19.3 Å². The van der Waals surface area contributed by atoms with Crippen LogP contribution in [0, 0.1) is 0 Å². The van der Waals surface area contributed by atoms with Crippen LogP contribution in [0.25, 0.3) is 0 Å². The van der Waals surface area contributed by atoms with Gasteiger partial charge in [0.1, 0.15) is 11.5 Å². The molecule has 20 heavy (non-hydrogen) atoms. The highest BCUT2D eigenvalue weighted by molar-refractivity contribution is 9.10. The molecule has 2 rings (SSSR count). The SMILES string of the molecule is COc1cc(CN2CCOCC2CO)c(OC)cc1Br. The third-order valence-corrected chi connectivity index (χ3v) is 4.11. The molecule has 0 spiro atoms. The van der Waals surface area contributed by atoms with E-state index in [0.29, 0.717) is 19.8 Å². The molecule has 0 radical (unpaired) electrons. The van der Waals surface area contributed by atoms with Gasteiger partial charge in [-0.1, -0.05) is 0 Å². The van der Waals surface area contributed by atoms with Gasteiger partial charge in [-0.25, -0.2) is 0 Å². The number of aliphatic hydroxyl groups is 1. The van der Waals surface area contributed by atoms with E-state index in [0.717, 1.165) is 28.1 Å². The van der Waals surface area contributed by atoms with Gasteiger partial charge in [0.15, 0.2) is 0 Å². The maximum absolute atomic E-state index is 9.43. The molecule has 1 aliphatic rings. The van der Waals surface area contributed by atoms with E-state index < -0.39 is 0 Å². The first kappa shape index (κ1) is 15.6. The summed E-state index contributed by atoms with van der Waals surface area (Å²) in [5.41, 5.74) is 1.04. The van der Waals surface area contributed by atoms with Crippen molar-refractivity contribution in [1.29, 1.82) is 0 Å². The Labute approximate surface area is 127 Å². The van der Waals surface area contributed by atoms with Crippen LogP contribution in [0.5, 0.6) is 11.5 Å². The van der Waals surface area contributed by atoms with Gasteiger partial charge in [0.2, 0.25) is 0 Å². The van der Waals surface area contributed by atoms with Crippen molar-refractivity contribution in [1.82, 2.24) is 4.90 Å². The Hall–Kier alpha value is -0.820. The van der Waals surface area contributed by atoms with Gasteiger partial charge < -0.3 is 19.3 Å². The van der Waals surface area contributed by atoms with Gasteiger partial charge >= 0.3 is 0 Å². The smallest absolute Gasteiger partial charge is 0.133 e. The average Bonchev–Trinajstić information content (AvgIpc) is 2.49. The van der Waals surface area contributed by atoms with Gasteiger partial charge in [-0.2, -0.15) is 0 Å². The van der Waals surface area contributed by atoms with Crippen LogP contribution in [0.1, 0.15) is 5.56 Å². The minimum Gasteiger partial charge on any atom is -0.496 e. The second-order valence-electron chi connectivity index (χ2n) is 4.68. The van der Waals surface area contributed by atoms with Gasteiger partial charge in [0.05, 0.1) is 44.6 Å². The first-order chi connectivity index (χ1) is 9.69. The van der Waals surface area contributed by atoms with Crippen molar-refractivity contribution in [3.63, 3.8) is 0 Å². The summed E-state index contributed by atoms with van der Waals surface area (Å²) in [5, 5.41) is 9.43. The zero-order valence-electron chi connectivity index (χ0n) is 11.8. The van der Waals surface area contributed by atoms with E-state index in [1.54, 1.807) is 14.2 Å². The number of hydrogen-bond donors (Lipinski definition) is 1. The number of aliphatic hydroxyl groups excluding tert-OH is 1. The van der Waals surface area contributed by atoms with E-state index >= 15 is 0 Å². The minimum atomic E-state index is 0.0306. The summed E-state index contributed by atoms with van der Waals surface area (Å²) in [7, 11) is 3.29. The van der Waals surface area contributed by atoms with Crippen LogP contribution in [-0.4, -0.2) is 56.6 Å². The predicted octanol–water partition coefficient (Wildman–Crippen LogP) is 1.66. The molecule has 1 saturated heterocycles. The lowest BCUT2D eigenvalue weighted by atomic mass is 10.1. The molecule has 112 valence electrons. The summed E-state index contributed by atoms with van der Waals surface area (Å²) in [6, 6.07) is 3.90. The number of rotatable bonds is 5. The summed E-state index contributed by atoms with van der Waals surface area (Å²) in [6.45, 7) is 2.84. The fraction of sp³-hybridized carbons (Fsp3) is 0.571. The third-order valence-electron chi connectivity index (χ3n) is 3.49. The van der Waals surface area contributed by atoms with Crippen LogP contribution < -0.4 is 9.47 Å². The summed E-state index contributed by atoms with van der Waals surface area (Å²) in [5.74, 6) is 1.58. The lowest BCUT2D eigenvalue weighted by Crippen LogP contribution is -2.46. The van der Waals surface area contributed by atoms with Gasteiger partial charge in [0, 0.05) is 18.7 Å². The van der Waals surface area contributed by atoms with Crippen molar-refractivity contribution >= 4 is 15.9 Å². The third kappa shape index (κ3) is 3.44. The lowest BCUT2D eigenvalue weighted by molar-refractivity contribution is -0.0315. The van der Waals surface area contributed by atoms with Crippen molar-refractivity contribution in [2.24, 2.45) is 0 Å². The Balaban J connectivity index is 2.22. The maximum atomic E-state index is 9.43. The topological polar surface area (TPSA) is 51.2 Å². The first-order valence-corrected chi connectivity index (χ1v) is 7.32. The zero-order valence-corrected chi connectivity index (χ0v) is 13.4. The van der Waals surface area contributed by atoms with E-state index in [4.69, 9.17) is 14.2 Å². The highest BCUT2D eigenvalue weighted by Gasteiger charge is 2.23. The van der Waals surface area contributed by atoms with Crippen LogP contribution in [-0.2, 0) is 11.3 Å². The molecule has 6 heteroatoms. The van der Waals surface area contributed by atoms with E-state index in [9.17, 15) is 5.11 Å². The van der Waals surface area contributed by atoms with Gasteiger partial charge in [-0.3, -0.25) is 4.90 Å². The standard InChI is InChI=1S/C14H20BrNO4/c1-18-13-6-12(15)14(19-2)5-10(13)7-16-3-4-20-9-11(16)8-17/h5-6,11,17H,3-4,7-9H2,1-2H3. The molecule has 1 aromatic rings. The van der Waals surface area contributed by atoms with E-state index in [1.807, 2.05) is 12.1 Å². The van der Waals surface area contributed by atoms with Crippen molar-refractivity contribution in [2.45, 2.75) is 12.6 Å². The maximum Gasteiger partial charge on any atom is 0.133 e. The molecule has 1 heterocycles. The van der Waals surface area contributed by atoms with Crippen LogP contribution in [0.3, 0.4) is 0 Å². The number of morpholine rings is 1. The molecule has 0 bridgehead atoms. The number of hydrogen-bond acceptors (Lipinski definition) is 5. The minimum absolute atomic E-state index is 0.0306. The molecule has 1 fully saturated rings. The highest BCUT2D eigenvalue weighted by atomic mass is 79.9. The largest absolute Gasteiger partial charge is 0.496 e. The monoisotopic (exact) mass is 345 g/mol. The van der Waals surface area contributed by atoms with Gasteiger partial charge in [-0.05, 0) is 28.1 Å². The van der Waals surface area contributed by atoms with Crippen LogP contribution in [0.2, 0.25) is 0 Å². The fourth-order valence-corrected chi connectivity index (χ4v) is 2.82. The molecule has 1 unspecified atom stereocenters. The Morgan fingerprint density at radius 3 is 2.75 bits per heavy atom. The van der Waals surface area contributed by atoms with Crippen molar-refractivity contribution in [3.8, 4) is 11.5 Å². The number of ether oxygens (including phenoxy) is 3. The normalized spacial score (nSPS) is 19.9. The fourth-order valence-electron chi connectivity index (χ4n) is 2.33. The highest BCUT2D eigenvalue weighted by Crippen LogP contribution is 2.33. The number of methoxy groups -OCH3 is 2. The molecule has 1 N–H and O–H groups in total. The molecule has 1 aliphatic heterocycles. The number of benzene rings is 1. The Morgan fingerprint density at radius 1 is 1.35 bits per heavy atom. The Kier molecular flexibility index (Phi) is 5.65. The molecule has 0 saturated carbocycles. The molecule has 0 aromatic heterocycles. The van der Waals surface area contributed by atoms with Crippen LogP contribution in [0.15, 0.2) is 16.6 Å². The number of halogens is 1. The van der Waals surface area contributed by atoms with E-state index in [1.165, 1.54) is 0 Å². The number of nitrogens with zero attached hydrogens (tertiary/aromatic N) is 1. The second-order valence-corrected chi connectivity index (χ2v) is 5.53. The van der Waals surface area contributed by atoms with Gasteiger partial charge in [-0.15, -0.1) is 0 Å². The molecule has 0 aliphatic carbocycles. The average molecular weight is 346 g/mol. The van der Waals surface area contributed by atoms with Crippen molar-refractivity contribution in [2.75, 3.05) is 40.6 Å². The quantitative estimate of drug-likeness (QED) is 0.879. The summed E-state index contributed by atoms with van der Waals surface area (Å²) >= 11 is 3.45. The second kappa shape index (κ2) is 7.26. The summed E-state index contributed by atoms with van der Waals surface area (Å²) in [4.78, 5) is 2.20. The zero-order chi connectivity index (χ0) is 14.5. The Bertz CT molecular complexity index is 455. The predicted molar refractivity (Wildman–Crippen MR) is 79.3 cm³/mol. The van der Waals surface area contributed by atoms with Crippen LogP contribution >= 0.6 is 15.9 Å². The molecule has 1 aromatic carbocycles. The van der Waals surface area contributed by atoms with E-state index in [-0.39, 0.29) is 12.6 Å². The molecular formula is C14H20BrNO4. The molecule has 5 nitrogen and oxygen atoms in total. The molecule has 0 amide bonds. The first-order valence-electron chi connectivity index (χ1n) is 6.52. The van der Waals surface area contributed by atoms with E-state index in [2.05, 4.69) is 20.8 Å². The van der Waals surface area contributed by atoms with Crippen LogP contribution in [0.4, 0.5) is 0 Å². The Morgan fingerprint density at radius 2 is 2.10 bits per heavy atom. The lowest BCUT2D eigenvalue weighted by Gasteiger charge is -2.34. The summed E-state index contributed by atoms with van der Waals surface area (Å²) < 4.78 is 17.0. The summed E-state index contributed by atoms with van der Waals surface area (Å²) in [6.07, 6.45) is 0. The molecular weight excluding hydrogens is 326 g/mol. The van der Waals surface area contributed by atoms with Gasteiger partial charge in [0.25, 0.3) is 0 Å².